The van der Waals surface area contributed by atoms with Crippen LogP contribution in [-0.4, -0.2) is 37.2 Å². The van der Waals surface area contributed by atoms with E-state index in [0.29, 0.717) is 12.1 Å². The number of rotatable bonds is 1. The van der Waals surface area contributed by atoms with E-state index in [1.54, 1.807) is 12.7 Å². The molecule has 1 N–H and O–H groups in total. The fraction of sp³-hybridized carbons (Fsp3) is 0.579. The average molecular weight is 296 g/mol. The molecule has 22 heavy (non-hydrogen) atoms. The summed E-state index contributed by atoms with van der Waals surface area (Å²) < 4.78 is 5.64. The summed E-state index contributed by atoms with van der Waals surface area (Å²) in [7, 11) is 1.79. The number of nitrogens with one attached hydrogen (secondary N) is 1. The van der Waals surface area contributed by atoms with Gasteiger partial charge in [-0.1, -0.05) is 23.8 Å². The summed E-state index contributed by atoms with van der Waals surface area (Å²) in [6.45, 7) is 4.76. The summed E-state index contributed by atoms with van der Waals surface area (Å²) in [4.78, 5) is 2.74. The first-order valence-corrected chi connectivity index (χ1v) is 8.63. The lowest BCUT2D eigenvalue weighted by molar-refractivity contribution is 0.124. The maximum atomic E-state index is 5.64. The lowest BCUT2D eigenvalue weighted by Crippen LogP contribution is -2.58. The maximum Gasteiger partial charge on any atom is 0.142 e. The quantitative estimate of drug-likeness (QED) is 0.806. The first kappa shape index (κ1) is 13.0. The Balaban J connectivity index is 1.74. The minimum Gasteiger partial charge on any atom is -0.495 e. The van der Waals surface area contributed by atoms with Crippen molar-refractivity contribution in [3.8, 4) is 5.75 Å². The van der Waals surface area contributed by atoms with E-state index in [0.717, 1.165) is 11.7 Å². The van der Waals surface area contributed by atoms with Crippen molar-refractivity contribution in [2.24, 2.45) is 5.92 Å². The largest absolute Gasteiger partial charge is 0.495 e. The molecule has 0 radical (unpaired) electrons. The third kappa shape index (κ3) is 1.32. The normalized spacial score (nSPS) is 40.3. The van der Waals surface area contributed by atoms with Gasteiger partial charge >= 0.3 is 0 Å². The molecule has 4 aliphatic rings. The third-order valence-corrected chi connectivity index (χ3v) is 6.76. The molecule has 1 spiro atoms. The molecule has 1 aliphatic carbocycles. The monoisotopic (exact) mass is 296 g/mol. The molecule has 116 valence electrons. The van der Waals surface area contributed by atoms with Crippen LogP contribution < -0.4 is 10.1 Å². The van der Waals surface area contributed by atoms with Gasteiger partial charge in [0.05, 0.1) is 12.8 Å². The zero-order valence-electron chi connectivity index (χ0n) is 13.4. The number of hydrogen-bond acceptors (Lipinski definition) is 3. The molecule has 0 aromatic heterocycles. The molecule has 1 aromatic carbocycles. The smallest absolute Gasteiger partial charge is 0.142 e. The van der Waals surface area contributed by atoms with Crippen LogP contribution in [0.4, 0.5) is 5.69 Å². The van der Waals surface area contributed by atoms with Crippen molar-refractivity contribution in [3.63, 3.8) is 0 Å². The summed E-state index contributed by atoms with van der Waals surface area (Å²) >= 11 is 0. The molecule has 3 aliphatic heterocycles. The topological polar surface area (TPSA) is 24.5 Å². The first-order chi connectivity index (χ1) is 10.8. The highest BCUT2D eigenvalue weighted by molar-refractivity contribution is 5.72. The van der Waals surface area contributed by atoms with Crippen molar-refractivity contribution in [1.82, 2.24) is 4.90 Å². The van der Waals surface area contributed by atoms with Gasteiger partial charge < -0.3 is 10.1 Å². The van der Waals surface area contributed by atoms with Gasteiger partial charge in [0.15, 0.2) is 0 Å². The highest BCUT2D eigenvalue weighted by atomic mass is 16.5. The molecule has 2 saturated heterocycles. The van der Waals surface area contributed by atoms with Gasteiger partial charge in [-0.2, -0.15) is 0 Å². The number of fused-ring (bicyclic) bond motifs is 2. The second-order valence-electron chi connectivity index (χ2n) is 7.32. The third-order valence-electron chi connectivity index (χ3n) is 6.76. The average Bonchev–Trinajstić information content (AvgIpc) is 3.10. The van der Waals surface area contributed by atoms with E-state index in [4.69, 9.17) is 4.74 Å². The van der Waals surface area contributed by atoms with Crippen LogP contribution in [0, 0.1) is 5.92 Å². The van der Waals surface area contributed by atoms with E-state index in [1.165, 1.54) is 43.6 Å². The van der Waals surface area contributed by atoms with Crippen LogP contribution in [0.5, 0.6) is 5.75 Å². The number of ether oxygens (including phenoxy) is 1. The Morgan fingerprint density at radius 3 is 3.09 bits per heavy atom. The Morgan fingerprint density at radius 1 is 1.36 bits per heavy atom. The van der Waals surface area contributed by atoms with Crippen LogP contribution in [0.1, 0.15) is 31.7 Å². The SMILES string of the molecule is C/C=C1\[C@@H]2CCN3CC[C@]4(c5cccc(OC)c5N[C@@H]4C2)[C@@H]13. The van der Waals surface area contributed by atoms with Crippen molar-refractivity contribution in [3.05, 3.63) is 35.4 Å². The van der Waals surface area contributed by atoms with Crippen LogP contribution in [0.25, 0.3) is 0 Å². The van der Waals surface area contributed by atoms with Crippen LogP contribution in [0.15, 0.2) is 29.8 Å². The van der Waals surface area contributed by atoms with Gasteiger partial charge in [-0.15, -0.1) is 0 Å². The van der Waals surface area contributed by atoms with Crippen molar-refractivity contribution >= 4 is 5.69 Å². The molecule has 4 atom stereocenters. The van der Waals surface area contributed by atoms with Crippen molar-refractivity contribution in [1.29, 1.82) is 0 Å². The first-order valence-electron chi connectivity index (χ1n) is 8.63. The van der Waals surface area contributed by atoms with Gasteiger partial charge in [0.2, 0.25) is 0 Å². The summed E-state index contributed by atoms with van der Waals surface area (Å²) in [5.41, 5.74) is 4.74. The number of nitrogens with zero attached hydrogens (tertiary/aromatic N) is 1. The van der Waals surface area contributed by atoms with E-state index in [2.05, 4.69) is 41.4 Å². The number of hydrogen-bond donors (Lipinski definition) is 1. The van der Waals surface area contributed by atoms with E-state index < -0.39 is 0 Å². The summed E-state index contributed by atoms with van der Waals surface area (Å²) in [5, 5.41) is 3.87. The molecule has 3 nitrogen and oxygen atoms in total. The molecule has 1 aromatic rings. The number of benzene rings is 1. The Kier molecular flexibility index (Phi) is 2.53. The lowest BCUT2D eigenvalue weighted by atomic mass is 9.58. The highest BCUT2D eigenvalue weighted by Gasteiger charge is 2.63. The number of piperidine rings is 1. The predicted molar refractivity (Wildman–Crippen MR) is 88.5 cm³/mol. The minimum absolute atomic E-state index is 0.267. The zero-order chi connectivity index (χ0) is 14.9. The predicted octanol–water partition coefficient (Wildman–Crippen LogP) is 3.17. The van der Waals surface area contributed by atoms with Crippen LogP contribution in [0.3, 0.4) is 0 Å². The standard InChI is InChI=1S/C19H24N2O/c1-3-13-12-7-9-21-10-8-19(18(13)21)14-5-4-6-15(22-2)17(14)20-16(19)11-12/h3-6,12,16,18,20H,7-11H2,1-2H3/b13-3+/t12-,16-,18-,19-/m1/s1. The van der Waals surface area contributed by atoms with Crippen LogP contribution in [-0.2, 0) is 5.41 Å². The Morgan fingerprint density at radius 2 is 2.27 bits per heavy atom. The molecular formula is C19H24N2O. The number of methoxy groups -OCH3 is 1. The molecule has 5 rings (SSSR count). The number of allylic oxidation sites excluding steroid dienone is 1. The Labute approximate surface area is 132 Å². The summed E-state index contributed by atoms with van der Waals surface area (Å²) in [6, 6.07) is 7.79. The molecule has 3 fully saturated rings. The molecule has 2 bridgehead atoms. The van der Waals surface area contributed by atoms with Gasteiger partial charge in [-0.25, -0.2) is 0 Å². The Bertz CT molecular complexity index is 667. The minimum atomic E-state index is 0.267. The number of anilines is 1. The van der Waals surface area contributed by atoms with E-state index in [1.807, 2.05) is 0 Å². The van der Waals surface area contributed by atoms with E-state index in [-0.39, 0.29) is 5.41 Å². The maximum absolute atomic E-state index is 5.64. The van der Waals surface area contributed by atoms with Gasteiger partial charge in [0, 0.05) is 17.5 Å². The van der Waals surface area contributed by atoms with Crippen molar-refractivity contribution < 1.29 is 4.74 Å². The van der Waals surface area contributed by atoms with Crippen LogP contribution in [0.2, 0.25) is 0 Å². The lowest BCUT2D eigenvalue weighted by Gasteiger charge is -2.52. The molecule has 3 heteroatoms. The van der Waals surface area contributed by atoms with Crippen molar-refractivity contribution in [2.75, 3.05) is 25.5 Å². The summed E-state index contributed by atoms with van der Waals surface area (Å²) in [6.07, 6.45) is 6.31. The second-order valence-corrected chi connectivity index (χ2v) is 7.32. The molecule has 0 unspecified atom stereocenters. The molecule has 0 amide bonds. The fourth-order valence-corrected chi connectivity index (χ4v) is 5.96. The van der Waals surface area contributed by atoms with Gasteiger partial charge in [-0.3, -0.25) is 4.90 Å². The number of para-hydroxylation sites is 1. The van der Waals surface area contributed by atoms with E-state index >= 15 is 0 Å². The molecule has 3 heterocycles. The van der Waals surface area contributed by atoms with Gasteiger partial charge in [-0.05, 0) is 56.8 Å². The zero-order valence-corrected chi connectivity index (χ0v) is 13.4. The molecule has 1 saturated carbocycles. The highest BCUT2D eigenvalue weighted by Crippen LogP contribution is 2.61. The summed E-state index contributed by atoms with van der Waals surface area (Å²) in [5.74, 6) is 1.78. The fourth-order valence-electron chi connectivity index (χ4n) is 5.96. The van der Waals surface area contributed by atoms with Crippen LogP contribution >= 0.6 is 0 Å². The van der Waals surface area contributed by atoms with Gasteiger partial charge in [0.25, 0.3) is 0 Å². The van der Waals surface area contributed by atoms with E-state index in [9.17, 15) is 0 Å². The van der Waals surface area contributed by atoms with Crippen molar-refractivity contribution in [2.45, 2.75) is 43.7 Å². The second kappa shape index (κ2) is 4.29. The molecular weight excluding hydrogens is 272 g/mol. The van der Waals surface area contributed by atoms with Gasteiger partial charge in [0.1, 0.15) is 5.75 Å². The Hall–Kier alpha value is -1.48.